The van der Waals surface area contributed by atoms with E-state index < -0.39 is 183 Å². The summed E-state index contributed by atoms with van der Waals surface area (Å²) in [6.45, 7) is 11.9. The van der Waals surface area contributed by atoms with E-state index in [9.17, 15) is 47.9 Å². The summed E-state index contributed by atoms with van der Waals surface area (Å²) in [7, 11) is 1.76. The molecule has 2 saturated heterocycles. The number of carbonyl (C=O) groups is 13. The molecule has 0 saturated carbocycles. The highest BCUT2D eigenvalue weighted by atomic mass is 16.7. The van der Waals surface area contributed by atoms with E-state index in [1.54, 1.807) is 19.2 Å². The molecule has 0 radical (unpaired) electrons. The summed E-state index contributed by atoms with van der Waals surface area (Å²) in [6, 6.07) is 1.71. The topological polar surface area (TPSA) is 481 Å². The van der Waals surface area contributed by atoms with E-state index in [2.05, 4.69) is 60.4 Å². The van der Waals surface area contributed by atoms with Crippen LogP contribution in [0.4, 0.5) is 17.5 Å². The predicted octanol–water partition coefficient (Wildman–Crippen LogP) is 9.21. The first-order valence-corrected chi connectivity index (χ1v) is 42.4. The molecule has 4 heterocycles. The fraction of sp³-hybridized carbons (Fsp3) is 0.702. The molecule has 119 heavy (non-hydrogen) atoms. The quantitative estimate of drug-likeness (QED) is 0.0157. The summed E-state index contributed by atoms with van der Waals surface area (Å²) in [5.74, 6) is -11.5. The van der Waals surface area contributed by atoms with Gasteiger partial charge in [-0.3, -0.25) is 62.3 Å². The molecule has 2 aliphatic heterocycles. The Morgan fingerprint density at radius 3 is 1.17 bits per heavy atom. The molecule has 0 bridgehead atoms. The lowest BCUT2D eigenvalue weighted by Gasteiger charge is -2.44. The third-order valence-electron chi connectivity index (χ3n) is 20.3. The van der Waals surface area contributed by atoms with Crippen LogP contribution in [0, 0.1) is 0 Å². The van der Waals surface area contributed by atoms with E-state index in [-0.39, 0.29) is 47.9 Å². The predicted molar refractivity (Wildman–Crippen MR) is 437 cm³/mol. The molecule has 4 unspecified atom stereocenters. The van der Waals surface area contributed by atoms with Crippen molar-refractivity contribution in [1.82, 2.24) is 46.5 Å². The Morgan fingerprint density at radius 1 is 0.420 bits per heavy atom. The van der Waals surface area contributed by atoms with Crippen LogP contribution in [0.5, 0.6) is 0 Å². The van der Waals surface area contributed by atoms with Crippen molar-refractivity contribution < 1.29 is 110 Å². The highest BCUT2D eigenvalue weighted by Gasteiger charge is 2.55. The Balaban J connectivity index is 1.52. The van der Waals surface area contributed by atoms with Crippen molar-refractivity contribution in [3.05, 3.63) is 41.7 Å². The van der Waals surface area contributed by atoms with Gasteiger partial charge in [-0.2, -0.15) is 9.97 Å². The highest BCUT2D eigenvalue weighted by molar-refractivity contribution is 5.99. The minimum absolute atomic E-state index is 0.0110. The largest absolute Gasteiger partial charge is 0.463 e. The van der Waals surface area contributed by atoms with Gasteiger partial charge in [0.1, 0.15) is 43.5 Å². The SMILES string of the molecule is CCCCCCCCCCCCCCCCC(NC(=O)CC[C@H](NC(=O)c1ccc(N(C)Cc2cnc3nc(N)nc(N)c3n2)cc1)C(=O)NC(CCCCCCCCCCCCCCCC)C(=O)NC1O[C@H](COC(C)=O)[C@@H](OC(C)=O)[C@H](OC(C)=O)[C@H]1OC(C)=O)C(=O)NC1O[C@H](COC(C)=O)[C@@H](OC(C)=O)[C@H](OC(C)=O)[C@H]1OC(C)=O. The van der Waals surface area contributed by atoms with Gasteiger partial charge >= 0.3 is 47.8 Å². The maximum absolute atomic E-state index is 15.4. The first-order valence-electron chi connectivity index (χ1n) is 42.4. The average Bonchev–Trinajstić information content (AvgIpc) is 0.788. The van der Waals surface area contributed by atoms with Gasteiger partial charge in [0.15, 0.2) is 66.1 Å². The van der Waals surface area contributed by atoms with Gasteiger partial charge in [-0.1, -0.05) is 194 Å². The Kier molecular flexibility index (Phi) is 45.5. The van der Waals surface area contributed by atoms with Gasteiger partial charge in [0.05, 0.1) is 18.4 Å². The van der Waals surface area contributed by atoms with Crippen LogP contribution in [0.25, 0.3) is 11.2 Å². The van der Waals surface area contributed by atoms with Crippen LogP contribution in [0.1, 0.15) is 291 Å². The Morgan fingerprint density at radius 2 is 0.782 bits per heavy atom. The second-order valence-corrected chi connectivity index (χ2v) is 30.7. The van der Waals surface area contributed by atoms with Gasteiger partial charge in [0.2, 0.25) is 29.6 Å². The van der Waals surface area contributed by atoms with Gasteiger partial charge in [-0.25, -0.2) is 9.97 Å². The summed E-state index contributed by atoms with van der Waals surface area (Å²) in [4.78, 5) is 195. The molecule has 2 fully saturated rings. The van der Waals surface area contributed by atoms with Crippen molar-refractivity contribution in [3.8, 4) is 0 Å². The number of fused-ring (bicyclic) bond motifs is 1. The van der Waals surface area contributed by atoms with Crippen molar-refractivity contribution >= 4 is 106 Å². The number of ether oxygens (including phenoxy) is 10. The molecule has 0 spiro atoms. The van der Waals surface area contributed by atoms with E-state index >= 15 is 14.4 Å². The lowest BCUT2D eigenvalue weighted by molar-refractivity contribution is -0.257. The third-order valence-corrected chi connectivity index (χ3v) is 20.3. The van der Waals surface area contributed by atoms with Gasteiger partial charge in [-0.15, -0.1) is 0 Å². The van der Waals surface area contributed by atoms with E-state index in [4.69, 9.17) is 58.8 Å². The number of hydrogen-bond acceptors (Lipinski definition) is 30. The number of hydrogen-bond donors (Lipinski definition) is 7. The van der Waals surface area contributed by atoms with Crippen molar-refractivity contribution in [1.29, 1.82) is 0 Å². The molecule has 2 aliphatic rings. The minimum atomic E-state index is -1.75. The molecule has 5 rings (SSSR count). The van der Waals surface area contributed by atoms with E-state index in [0.717, 1.165) is 132 Å². The molecule has 1 aromatic carbocycles. The zero-order valence-corrected chi connectivity index (χ0v) is 71.4. The van der Waals surface area contributed by atoms with Crippen LogP contribution < -0.4 is 43.0 Å². The number of carbonyl (C=O) groups excluding carboxylic acids is 13. The van der Waals surface area contributed by atoms with Crippen LogP contribution in [0.3, 0.4) is 0 Å². The Hall–Kier alpha value is -9.93. The van der Waals surface area contributed by atoms with Gasteiger partial charge in [0, 0.05) is 80.1 Å². The van der Waals surface area contributed by atoms with E-state index in [1.807, 2.05) is 4.90 Å². The number of aromatic nitrogens is 4. The number of nitrogens with two attached hydrogens (primary N) is 2. The molecule has 35 heteroatoms. The molecule has 664 valence electrons. The van der Waals surface area contributed by atoms with Crippen molar-refractivity contribution in [3.63, 3.8) is 0 Å². The van der Waals surface area contributed by atoms with Crippen molar-refractivity contribution in [2.75, 3.05) is 36.6 Å². The lowest BCUT2D eigenvalue weighted by atomic mass is 9.96. The minimum Gasteiger partial charge on any atom is -0.463 e. The molecule has 13 atom stereocenters. The molecule has 3 aromatic rings. The van der Waals surface area contributed by atoms with Crippen LogP contribution in [0.2, 0.25) is 0 Å². The highest BCUT2D eigenvalue weighted by Crippen LogP contribution is 2.32. The summed E-state index contributed by atoms with van der Waals surface area (Å²) in [5, 5.41) is 13.7. The van der Waals surface area contributed by atoms with Crippen LogP contribution >= 0.6 is 0 Å². The number of rotatable bonds is 55. The molecule has 2 aromatic heterocycles. The summed E-state index contributed by atoms with van der Waals surface area (Å²) >= 11 is 0. The monoisotopic (exact) mass is 1670 g/mol. The zero-order valence-electron chi connectivity index (χ0n) is 71.4. The summed E-state index contributed by atoms with van der Waals surface area (Å²) < 4.78 is 56.7. The van der Waals surface area contributed by atoms with Crippen molar-refractivity contribution in [2.24, 2.45) is 0 Å². The maximum atomic E-state index is 15.4. The normalized spacial score (nSPS) is 19.6. The first kappa shape index (κ1) is 99.6. The summed E-state index contributed by atoms with van der Waals surface area (Å²) in [5.41, 5.74) is 13.5. The average molecular weight is 1680 g/mol. The zero-order chi connectivity index (χ0) is 87.3. The van der Waals surface area contributed by atoms with Gasteiger partial charge in [0.25, 0.3) is 5.91 Å². The molecular weight excluding hydrogens is 1540 g/mol. The van der Waals surface area contributed by atoms with Crippen LogP contribution in [-0.2, 0) is 111 Å². The number of unbranched alkanes of at least 4 members (excludes halogenated alkanes) is 26. The number of nitrogens with one attached hydrogen (secondary N) is 5. The number of amides is 5. The lowest BCUT2D eigenvalue weighted by Crippen LogP contribution is -2.67. The van der Waals surface area contributed by atoms with E-state index in [0.29, 0.717) is 37.1 Å². The summed E-state index contributed by atoms with van der Waals surface area (Å²) in [6.07, 6.45) is 12.7. The fourth-order valence-corrected chi connectivity index (χ4v) is 14.4. The Labute approximate surface area is 698 Å². The molecule has 35 nitrogen and oxygen atoms in total. The second kappa shape index (κ2) is 54.3. The molecule has 9 N–H and O–H groups in total. The molecular formula is C84H130N12O23. The standard InChI is InChI=1S/C84H130N12O23/c1-12-14-16-18-20-22-24-26-28-30-32-34-36-38-40-63(80(108)94-82-74(116-58(9)103)72(114-56(7)101)70(112-54(5)99)66(118-82)50-110-52(3)97)89-68(105)47-46-65(90-78(106)60-42-44-62(45-43-60)96(11)49-61-48-87-77-69(88-61)76(85)92-84(86)93-77)79(107)91-64(41-39-37-35-33-31-29-27-25-23-21-19-17-15-13-2)81(109)95-83-75(117-59(10)104)73(115-57(8)102)71(113-55(6)100)67(119-83)51-111-53(4)98/h42-45,48,63-67,70-75,82-83H,12-41,46-47,49-51H2,1-11H3,(H,89,105)(H,90,106)(H,91,107)(H,94,108)(H,95,109)(H4,85,86,87,92,93)/t63?,64?,65-,66+,67+,70+,71+,72-,73-,74+,75+,82?,83?/m0/s1. The molecule has 5 amide bonds. The maximum Gasteiger partial charge on any atom is 0.303 e. The number of nitrogens with zero attached hydrogens (tertiary/aromatic N) is 5. The number of nitrogen functional groups attached to an aromatic ring is 2. The van der Waals surface area contributed by atoms with E-state index in [1.165, 1.54) is 95.4 Å². The van der Waals surface area contributed by atoms with Crippen LogP contribution in [0.15, 0.2) is 30.5 Å². The third kappa shape index (κ3) is 37.5. The first-order chi connectivity index (χ1) is 56.9. The van der Waals surface area contributed by atoms with Crippen LogP contribution in [-0.4, -0.2) is 197 Å². The van der Waals surface area contributed by atoms with Crippen molar-refractivity contribution in [2.45, 2.75) is 361 Å². The number of anilines is 3. The fourth-order valence-electron chi connectivity index (χ4n) is 14.4. The molecule has 0 aliphatic carbocycles. The smallest absolute Gasteiger partial charge is 0.303 e. The number of benzene rings is 1. The second-order valence-electron chi connectivity index (χ2n) is 30.7. The Bertz CT molecular complexity index is 3740. The van der Waals surface area contributed by atoms with Gasteiger partial charge < -0.3 is 90.3 Å². The van der Waals surface area contributed by atoms with Gasteiger partial charge in [-0.05, 0) is 43.5 Å². The number of esters is 8.